The van der Waals surface area contributed by atoms with Crippen LogP contribution in [0, 0.1) is 0 Å². The third-order valence-corrected chi connectivity index (χ3v) is 20.5. The van der Waals surface area contributed by atoms with E-state index in [1.807, 2.05) is 0 Å². The Kier molecular flexibility index (Phi) is 68.8. The molecule has 1 rings (SSSR count). The van der Waals surface area contributed by atoms with Gasteiger partial charge in [-0.2, -0.15) is 0 Å². The van der Waals surface area contributed by atoms with E-state index in [9.17, 15) is 30.3 Å². The molecule has 1 aliphatic rings. The van der Waals surface area contributed by atoms with E-state index in [2.05, 4.69) is 19.2 Å². The molecule has 0 aromatic rings. The van der Waals surface area contributed by atoms with Gasteiger partial charge in [0, 0.05) is 6.42 Å². The Labute approximate surface area is 561 Å². The molecule has 0 bridgehead atoms. The highest BCUT2D eigenvalue weighted by molar-refractivity contribution is 5.76. The average Bonchev–Trinajstić information content (AvgIpc) is 1.28. The number of unbranched alkanes of at least 4 members (excludes halogenated alkanes) is 65. The van der Waals surface area contributed by atoms with Gasteiger partial charge in [0.1, 0.15) is 24.4 Å². The van der Waals surface area contributed by atoms with Gasteiger partial charge in [-0.1, -0.05) is 438 Å². The summed E-state index contributed by atoms with van der Waals surface area (Å²) in [6, 6.07) is -0.716. The molecule has 0 aromatic heterocycles. The highest BCUT2D eigenvalue weighted by atomic mass is 16.7. The second-order valence-electron chi connectivity index (χ2n) is 29.3. The molecule has 0 radical (unpaired) electrons. The minimum atomic E-state index is -1.55. The molecule has 90 heavy (non-hydrogen) atoms. The number of aliphatic hydroxyl groups is 5. The number of ether oxygens (including phenoxy) is 2. The SMILES string of the molecule is CCCCCCCCCCCCCCCCCCCCCCCCCCCCCCCCCCCCCCCCCCCC(=O)NC(COC1OC(CO)C(O)C(O)C1O)C(O)CCCCCCCCCCCCCCCCCCCCCCCCCCCC. The molecule has 1 amide bonds. The molecule has 1 heterocycles. The second kappa shape index (κ2) is 71.0. The number of aliphatic hydroxyl groups excluding tert-OH is 5. The maximum absolute atomic E-state index is 13.2. The lowest BCUT2D eigenvalue weighted by atomic mass is 9.99. The van der Waals surface area contributed by atoms with Crippen molar-refractivity contribution in [1.82, 2.24) is 5.32 Å². The average molecular weight is 1280 g/mol. The normalized spacial score (nSPS) is 17.6. The van der Waals surface area contributed by atoms with Crippen molar-refractivity contribution in [2.45, 2.75) is 500 Å². The van der Waals surface area contributed by atoms with Crippen molar-refractivity contribution < 1.29 is 39.8 Å². The van der Waals surface area contributed by atoms with Gasteiger partial charge >= 0.3 is 0 Å². The fourth-order valence-corrected chi connectivity index (χ4v) is 14.1. The summed E-state index contributed by atoms with van der Waals surface area (Å²) in [6.45, 7) is 3.92. The van der Waals surface area contributed by atoms with E-state index >= 15 is 0 Å². The largest absolute Gasteiger partial charge is 0.394 e. The molecule has 0 spiro atoms. The van der Waals surface area contributed by atoms with Gasteiger partial charge in [0.05, 0.1) is 25.4 Å². The number of carbonyl (C=O) groups excluding carboxylic acids is 1. The van der Waals surface area contributed by atoms with E-state index < -0.39 is 49.5 Å². The van der Waals surface area contributed by atoms with Crippen LogP contribution in [0.4, 0.5) is 0 Å². The molecule has 538 valence electrons. The van der Waals surface area contributed by atoms with Crippen molar-refractivity contribution in [3.8, 4) is 0 Å². The lowest BCUT2D eigenvalue weighted by Crippen LogP contribution is -2.60. The minimum absolute atomic E-state index is 0.130. The Hall–Kier alpha value is -0.810. The van der Waals surface area contributed by atoms with Gasteiger partial charge < -0.3 is 40.3 Å². The Morgan fingerprint density at radius 1 is 0.333 bits per heavy atom. The topological polar surface area (TPSA) is 149 Å². The Morgan fingerprint density at radius 2 is 0.556 bits per heavy atom. The molecule has 7 atom stereocenters. The summed E-state index contributed by atoms with van der Waals surface area (Å²) in [7, 11) is 0. The van der Waals surface area contributed by atoms with Gasteiger partial charge in [-0.05, 0) is 12.8 Å². The first-order valence-corrected chi connectivity index (χ1v) is 41.2. The van der Waals surface area contributed by atoms with Crippen LogP contribution in [-0.2, 0) is 14.3 Å². The Morgan fingerprint density at radius 3 is 0.789 bits per heavy atom. The smallest absolute Gasteiger partial charge is 0.220 e. The van der Waals surface area contributed by atoms with Crippen LogP contribution >= 0.6 is 0 Å². The first kappa shape index (κ1) is 87.2. The number of rotatable bonds is 75. The summed E-state index contributed by atoms with van der Waals surface area (Å²) >= 11 is 0. The van der Waals surface area contributed by atoms with E-state index in [4.69, 9.17) is 9.47 Å². The highest BCUT2D eigenvalue weighted by Gasteiger charge is 2.44. The van der Waals surface area contributed by atoms with Crippen molar-refractivity contribution in [3.63, 3.8) is 0 Å². The molecule has 6 N–H and O–H groups in total. The van der Waals surface area contributed by atoms with E-state index in [0.29, 0.717) is 12.8 Å². The molecule has 1 fully saturated rings. The Bertz CT molecular complexity index is 1390. The minimum Gasteiger partial charge on any atom is -0.394 e. The zero-order chi connectivity index (χ0) is 64.9. The summed E-state index contributed by atoms with van der Waals surface area (Å²) in [4.78, 5) is 13.2. The zero-order valence-corrected chi connectivity index (χ0v) is 60.7. The summed E-state index contributed by atoms with van der Waals surface area (Å²) in [5, 5.41) is 55.1. The van der Waals surface area contributed by atoms with Crippen molar-refractivity contribution in [2.75, 3.05) is 13.2 Å². The van der Waals surface area contributed by atoms with Crippen molar-refractivity contribution >= 4 is 5.91 Å². The van der Waals surface area contributed by atoms with Gasteiger partial charge in [-0.25, -0.2) is 0 Å². The number of carbonyl (C=O) groups is 1. The fraction of sp³-hybridized carbons (Fsp3) is 0.988. The van der Waals surface area contributed by atoms with Gasteiger partial charge in [-0.3, -0.25) is 4.79 Å². The summed E-state index contributed by atoms with van der Waals surface area (Å²) < 4.78 is 11.4. The van der Waals surface area contributed by atoms with Crippen LogP contribution in [0.5, 0.6) is 0 Å². The summed E-state index contributed by atoms with van der Waals surface area (Å²) in [5.74, 6) is -0.131. The zero-order valence-electron chi connectivity index (χ0n) is 60.7. The van der Waals surface area contributed by atoms with Crippen LogP contribution in [-0.4, -0.2) is 87.5 Å². The van der Waals surface area contributed by atoms with Crippen LogP contribution in [0.1, 0.15) is 457 Å². The fourth-order valence-electron chi connectivity index (χ4n) is 14.1. The first-order chi connectivity index (χ1) is 44.3. The summed E-state index contributed by atoms with van der Waals surface area (Å²) in [5.41, 5.74) is 0. The number of nitrogens with one attached hydrogen (secondary N) is 1. The van der Waals surface area contributed by atoms with Gasteiger partial charge in [0.2, 0.25) is 5.91 Å². The molecule has 1 aliphatic heterocycles. The van der Waals surface area contributed by atoms with Crippen LogP contribution in [0.2, 0.25) is 0 Å². The van der Waals surface area contributed by atoms with Crippen molar-refractivity contribution in [2.24, 2.45) is 0 Å². The first-order valence-electron chi connectivity index (χ1n) is 41.2. The van der Waals surface area contributed by atoms with Gasteiger partial charge in [0.15, 0.2) is 6.29 Å². The highest BCUT2D eigenvalue weighted by Crippen LogP contribution is 2.25. The van der Waals surface area contributed by atoms with E-state index in [-0.39, 0.29) is 12.5 Å². The van der Waals surface area contributed by atoms with Gasteiger partial charge in [-0.15, -0.1) is 0 Å². The molecule has 9 heteroatoms. The third-order valence-electron chi connectivity index (χ3n) is 20.5. The maximum atomic E-state index is 13.2. The molecule has 0 saturated carbocycles. The second-order valence-corrected chi connectivity index (χ2v) is 29.3. The van der Waals surface area contributed by atoms with E-state index in [1.165, 1.54) is 392 Å². The summed E-state index contributed by atoms with van der Waals surface area (Å²) in [6.07, 6.45) is 85.2. The van der Waals surface area contributed by atoms with Crippen LogP contribution < -0.4 is 5.32 Å². The lowest BCUT2D eigenvalue weighted by Gasteiger charge is -2.40. The van der Waals surface area contributed by atoms with E-state index in [0.717, 1.165) is 38.5 Å². The predicted molar refractivity (Wildman–Crippen MR) is 388 cm³/mol. The molecule has 7 unspecified atom stereocenters. The number of hydrogen-bond donors (Lipinski definition) is 6. The van der Waals surface area contributed by atoms with Crippen LogP contribution in [0.3, 0.4) is 0 Å². The molecular formula is C81H161NO8. The van der Waals surface area contributed by atoms with Crippen molar-refractivity contribution in [1.29, 1.82) is 0 Å². The molecule has 9 nitrogen and oxygen atoms in total. The molecular weight excluding hydrogens is 1110 g/mol. The molecule has 0 aliphatic carbocycles. The maximum Gasteiger partial charge on any atom is 0.220 e. The Balaban J connectivity index is 2.00. The quantitative estimate of drug-likeness (QED) is 0.0330. The van der Waals surface area contributed by atoms with E-state index in [1.54, 1.807) is 0 Å². The predicted octanol–water partition coefficient (Wildman–Crippen LogP) is 23.6. The monoisotopic (exact) mass is 1280 g/mol. The lowest BCUT2D eigenvalue weighted by molar-refractivity contribution is -0.302. The standard InChI is InChI=1S/C81H161NO8/c1-3-5-7-9-11-13-15-17-19-21-23-25-27-29-31-32-33-34-35-36-37-38-39-40-41-42-43-44-45-47-49-51-53-55-57-59-61-63-65-67-69-71-77(85)82-74(73-89-81-80(88)79(87)78(86)76(72-83)90-81)75(84)70-68-66-64-62-60-58-56-54-52-50-48-46-30-28-26-24-22-20-18-16-14-12-10-8-6-4-2/h74-76,78-81,83-84,86-88H,3-73H2,1-2H3,(H,82,85). The van der Waals surface area contributed by atoms with Gasteiger partial charge in [0.25, 0.3) is 0 Å². The van der Waals surface area contributed by atoms with Crippen molar-refractivity contribution in [3.05, 3.63) is 0 Å². The number of amides is 1. The van der Waals surface area contributed by atoms with Crippen LogP contribution in [0.15, 0.2) is 0 Å². The number of hydrogen-bond acceptors (Lipinski definition) is 8. The van der Waals surface area contributed by atoms with Crippen LogP contribution in [0.25, 0.3) is 0 Å². The molecule has 0 aromatic carbocycles. The third kappa shape index (κ3) is 58.5. The molecule has 1 saturated heterocycles.